The molecule has 1 rings (SSSR count). The number of terminal acetylenes is 1. The predicted molar refractivity (Wildman–Crippen MR) is 46.4 cm³/mol. The molecule has 0 aliphatic carbocycles. The Labute approximate surface area is 80.1 Å². The molecule has 1 amide bonds. The number of halogens is 1. The van der Waals surface area contributed by atoms with Crippen molar-refractivity contribution in [2.24, 2.45) is 0 Å². The van der Waals surface area contributed by atoms with Gasteiger partial charge in [0.2, 0.25) is 0 Å². The number of nitrogens with zero attached hydrogens (tertiary/aromatic N) is 1. The van der Waals surface area contributed by atoms with Crippen LogP contribution in [0.1, 0.15) is 10.4 Å². The Balaban J connectivity index is 2.62. The molecule has 0 radical (unpaired) electrons. The highest BCUT2D eigenvalue weighted by Crippen LogP contribution is 2.03. The van der Waals surface area contributed by atoms with Gasteiger partial charge in [0.25, 0.3) is 5.91 Å². The molecule has 1 N–H and O–H groups in total. The predicted octanol–water partition coefficient (Wildman–Crippen LogP) is 0.515. The lowest BCUT2D eigenvalue weighted by molar-refractivity contribution is 0.0434. The van der Waals surface area contributed by atoms with E-state index in [2.05, 4.69) is 15.7 Å². The first-order valence-corrected chi connectivity index (χ1v) is 3.71. The van der Waals surface area contributed by atoms with Crippen molar-refractivity contribution in [3.63, 3.8) is 0 Å². The fourth-order valence-corrected chi connectivity index (χ4v) is 0.758. The van der Waals surface area contributed by atoms with Gasteiger partial charge in [-0.15, -0.1) is 6.42 Å². The largest absolute Gasteiger partial charge is 0.277 e. The van der Waals surface area contributed by atoms with E-state index in [9.17, 15) is 9.18 Å². The van der Waals surface area contributed by atoms with Crippen LogP contribution >= 0.6 is 0 Å². The molecule has 0 aliphatic rings. The topological polar surface area (TPSA) is 51.2 Å². The first-order valence-electron chi connectivity index (χ1n) is 3.71. The third-order valence-corrected chi connectivity index (χ3v) is 1.34. The Hall–Kier alpha value is -1.93. The van der Waals surface area contributed by atoms with Crippen LogP contribution in [0.4, 0.5) is 4.39 Å². The van der Waals surface area contributed by atoms with Gasteiger partial charge in [-0.05, 0) is 6.07 Å². The third kappa shape index (κ3) is 2.54. The minimum atomic E-state index is -0.714. The molecule has 0 spiro atoms. The summed E-state index contributed by atoms with van der Waals surface area (Å²) in [6.07, 6.45) is 7.12. The molecule has 14 heavy (non-hydrogen) atoms. The number of hydrogen-bond donors (Lipinski definition) is 1. The minimum Gasteiger partial charge on any atom is -0.267 e. The van der Waals surface area contributed by atoms with E-state index < -0.39 is 11.7 Å². The highest BCUT2D eigenvalue weighted by Gasteiger charge is 2.10. The number of amides is 1. The van der Waals surface area contributed by atoms with Crippen LogP contribution in [-0.2, 0) is 4.84 Å². The van der Waals surface area contributed by atoms with Gasteiger partial charge in [-0.25, -0.2) is 9.87 Å². The van der Waals surface area contributed by atoms with Crippen LogP contribution in [-0.4, -0.2) is 17.5 Å². The number of carbonyl (C=O) groups excluding carboxylic acids is 1. The highest BCUT2D eigenvalue weighted by molar-refractivity contribution is 5.93. The third-order valence-electron chi connectivity index (χ3n) is 1.34. The number of hydroxylamine groups is 1. The summed E-state index contributed by atoms with van der Waals surface area (Å²) in [6.45, 7) is -0.0710. The van der Waals surface area contributed by atoms with Gasteiger partial charge in [0.1, 0.15) is 6.61 Å². The fourth-order valence-electron chi connectivity index (χ4n) is 0.758. The lowest BCUT2D eigenvalue weighted by Gasteiger charge is -2.03. The van der Waals surface area contributed by atoms with Crippen LogP contribution in [0, 0.1) is 18.2 Å². The molecule has 1 aromatic heterocycles. The van der Waals surface area contributed by atoms with Crippen molar-refractivity contribution in [3.8, 4) is 12.3 Å². The zero-order chi connectivity index (χ0) is 10.4. The van der Waals surface area contributed by atoms with Crippen molar-refractivity contribution in [1.29, 1.82) is 0 Å². The van der Waals surface area contributed by atoms with E-state index in [4.69, 9.17) is 6.42 Å². The van der Waals surface area contributed by atoms with E-state index in [0.717, 1.165) is 6.20 Å². The molecule has 72 valence electrons. The molecule has 0 fully saturated rings. The van der Waals surface area contributed by atoms with Crippen LogP contribution in [0.5, 0.6) is 0 Å². The molecule has 4 nitrogen and oxygen atoms in total. The molecule has 0 saturated carbocycles. The number of hydrogen-bond acceptors (Lipinski definition) is 3. The van der Waals surface area contributed by atoms with E-state index >= 15 is 0 Å². The average Bonchev–Trinajstić information content (AvgIpc) is 2.18. The van der Waals surface area contributed by atoms with Crippen molar-refractivity contribution in [2.75, 3.05) is 6.61 Å². The average molecular weight is 194 g/mol. The van der Waals surface area contributed by atoms with Crippen molar-refractivity contribution >= 4 is 5.91 Å². The van der Waals surface area contributed by atoms with Gasteiger partial charge >= 0.3 is 0 Å². The summed E-state index contributed by atoms with van der Waals surface area (Å²) in [5.41, 5.74) is 1.85. The van der Waals surface area contributed by atoms with Crippen LogP contribution in [0.2, 0.25) is 0 Å². The fraction of sp³-hybridized carbons (Fsp3) is 0.111. The molecule has 0 unspecified atom stereocenters. The smallest absolute Gasteiger partial charge is 0.267 e. The lowest BCUT2D eigenvalue weighted by atomic mass is 10.2. The molecule has 5 heteroatoms. The molecule has 1 heterocycles. The second kappa shape index (κ2) is 4.94. The second-order valence-electron chi connectivity index (χ2n) is 2.28. The second-order valence-corrected chi connectivity index (χ2v) is 2.28. The summed E-state index contributed by atoms with van der Waals surface area (Å²) < 4.78 is 12.9. The molecule has 0 aromatic carbocycles. The van der Waals surface area contributed by atoms with Crippen molar-refractivity contribution in [3.05, 3.63) is 29.8 Å². The standard InChI is InChI=1S/C9H7FN2O2/c1-2-5-14-12-9(13)7-3-4-11-6-8(7)10/h1,3-4,6H,5H2,(H,12,13). The zero-order valence-corrected chi connectivity index (χ0v) is 7.16. The van der Waals surface area contributed by atoms with Crippen LogP contribution < -0.4 is 5.48 Å². The van der Waals surface area contributed by atoms with Gasteiger partial charge in [-0.3, -0.25) is 14.6 Å². The molecular weight excluding hydrogens is 187 g/mol. The monoisotopic (exact) mass is 194 g/mol. The maximum absolute atomic E-state index is 12.9. The normalized spacial score (nSPS) is 9.14. The van der Waals surface area contributed by atoms with Gasteiger partial charge in [-0.2, -0.15) is 0 Å². The number of nitrogens with one attached hydrogen (secondary N) is 1. The first-order chi connectivity index (χ1) is 6.75. The van der Waals surface area contributed by atoms with E-state index in [0.29, 0.717) is 0 Å². The zero-order valence-electron chi connectivity index (χ0n) is 7.16. The summed E-state index contributed by atoms with van der Waals surface area (Å²) in [5.74, 6) is 0.738. The van der Waals surface area contributed by atoms with Crippen molar-refractivity contribution in [2.45, 2.75) is 0 Å². The van der Waals surface area contributed by atoms with Crippen molar-refractivity contribution in [1.82, 2.24) is 10.5 Å². The van der Waals surface area contributed by atoms with E-state index in [1.807, 2.05) is 5.48 Å². The van der Waals surface area contributed by atoms with Gasteiger partial charge in [0.05, 0.1) is 11.8 Å². The Kier molecular flexibility index (Phi) is 3.58. The Bertz CT molecular complexity index is 373. The lowest BCUT2D eigenvalue weighted by Crippen LogP contribution is -2.24. The van der Waals surface area contributed by atoms with E-state index in [1.54, 1.807) is 0 Å². The first kappa shape index (κ1) is 10.2. The van der Waals surface area contributed by atoms with Crippen LogP contribution in [0.3, 0.4) is 0 Å². The SMILES string of the molecule is C#CCONC(=O)c1ccncc1F. The number of aromatic nitrogens is 1. The number of pyridine rings is 1. The molecular formula is C9H7FN2O2. The number of carbonyl (C=O) groups is 1. The molecule has 0 bridgehead atoms. The summed E-state index contributed by atoms with van der Waals surface area (Å²) in [4.78, 5) is 19.2. The molecule has 0 saturated heterocycles. The van der Waals surface area contributed by atoms with Crippen LogP contribution in [0.15, 0.2) is 18.5 Å². The minimum absolute atomic E-state index is 0.0710. The molecule has 0 atom stereocenters. The van der Waals surface area contributed by atoms with E-state index in [-0.39, 0.29) is 12.2 Å². The Morgan fingerprint density at radius 3 is 3.21 bits per heavy atom. The maximum Gasteiger partial charge on any atom is 0.277 e. The van der Waals surface area contributed by atoms with Gasteiger partial charge in [0.15, 0.2) is 5.82 Å². The molecule has 1 aromatic rings. The number of rotatable bonds is 3. The summed E-state index contributed by atoms with van der Waals surface area (Å²) in [7, 11) is 0. The Morgan fingerprint density at radius 1 is 1.79 bits per heavy atom. The molecule has 0 aliphatic heterocycles. The van der Waals surface area contributed by atoms with Gasteiger partial charge in [-0.1, -0.05) is 5.92 Å². The van der Waals surface area contributed by atoms with Crippen LogP contribution in [0.25, 0.3) is 0 Å². The Morgan fingerprint density at radius 2 is 2.57 bits per heavy atom. The van der Waals surface area contributed by atoms with Gasteiger partial charge < -0.3 is 0 Å². The van der Waals surface area contributed by atoms with Crippen molar-refractivity contribution < 1.29 is 14.0 Å². The van der Waals surface area contributed by atoms with Gasteiger partial charge in [0, 0.05) is 6.20 Å². The quantitative estimate of drug-likeness (QED) is 0.433. The summed E-state index contributed by atoms with van der Waals surface area (Å²) in [6, 6.07) is 1.24. The van der Waals surface area contributed by atoms with E-state index in [1.165, 1.54) is 12.3 Å². The highest BCUT2D eigenvalue weighted by atomic mass is 19.1. The maximum atomic E-state index is 12.9. The summed E-state index contributed by atoms with van der Waals surface area (Å²) in [5, 5.41) is 0. The summed E-state index contributed by atoms with van der Waals surface area (Å²) >= 11 is 0.